The van der Waals surface area contributed by atoms with E-state index in [1.807, 2.05) is 0 Å². The summed E-state index contributed by atoms with van der Waals surface area (Å²) < 4.78 is 6.04. The average Bonchev–Trinajstić information content (AvgIpc) is 2.46. The van der Waals surface area contributed by atoms with Gasteiger partial charge in [0.15, 0.2) is 5.52 Å². The van der Waals surface area contributed by atoms with Gasteiger partial charge >= 0.3 is 0 Å². The van der Waals surface area contributed by atoms with E-state index >= 15 is 0 Å². The Bertz CT molecular complexity index is 717. The number of hydrogen-bond acceptors (Lipinski definition) is 4. The number of alkyl halides is 1. The van der Waals surface area contributed by atoms with Crippen LogP contribution in [0.3, 0.4) is 0 Å². The van der Waals surface area contributed by atoms with Crippen molar-refractivity contribution in [3.8, 4) is 5.75 Å². The Hall–Kier alpha value is -1.88. The van der Waals surface area contributed by atoms with E-state index in [9.17, 15) is 10.1 Å². The first-order chi connectivity index (χ1) is 9.91. The predicted molar refractivity (Wildman–Crippen MR) is 80.9 cm³/mol. The normalized spacial score (nSPS) is 23.6. The van der Waals surface area contributed by atoms with Crippen molar-refractivity contribution in [3.05, 3.63) is 40.6 Å². The van der Waals surface area contributed by atoms with Gasteiger partial charge in [-0.05, 0) is 18.2 Å². The van der Waals surface area contributed by atoms with Crippen LogP contribution in [0.25, 0.3) is 10.9 Å². The highest BCUT2D eigenvalue weighted by molar-refractivity contribution is 6.21. The van der Waals surface area contributed by atoms with Gasteiger partial charge in [-0.3, -0.25) is 10.1 Å². The molecule has 6 heteroatoms. The fourth-order valence-electron chi connectivity index (χ4n) is 2.57. The summed E-state index contributed by atoms with van der Waals surface area (Å²) in [6, 6.07) is 6.61. The first-order valence-electron chi connectivity index (χ1n) is 6.74. The van der Waals surface area contributed by atoms with Crippen molar-refractivity contribution in [2.24, 2.45) is 5.41 Å². The number of pyridine rings is 1. The maximum absolute atomic E-state index is 11.1. The number of halogens is 1. The summed E-state index contributed by atoms with van der Waals surface area (Å²) in [4.78, 5) is 14.8. The molecule has 110 valence electrons. The smallest absolute Gasteiger partial charge is 0.295 e. The van der Waals surface area contributed by atoms with Crippen LogP contribution < -0.4 is 4.74 Å². The highest BCUT2D eigenvalue weighted by Gasteiger charge is 2.49. The molecule has 0 saturated heterocycles. The summed E-state index contributed by atoms with van der Waals surface area (Å²) in [7, 11) is 0. The molecular weight excluding hydrogens is 292 g/mol. The van der Waals surface area contributed by atoms with E-state index in [1.54, 1.807) is 24.4 Å². The molecule has 2 atom stereocenters. The van der Waals surface area contributed by atoms with E-state index in [2.05, 4.69) is 18.8 Å². The van der Waals surface area contributed by atoms with Crippen LogP contribution in [0.15, 0.2) is 30.5 Å². The van der Waals surface area contributed by atoms with Gasteiger partial charge in [0, 0.05) is 34.9 Å². The summed E-state index contributed by atoms with van der Waals surface area (Å²) in [6.07, 6.45) is 2.32. The first kappa shape index (κ1) is 14.1. The fourth-order valence-corrected chi connectivity index (χ4v) is 2.87. The average molecular weight is 307 g/mol. The molecule has 1 aromatic heterocycles. The second-order valence-corrected chi connectivity index (χ2v) is 6.40. The Morgan fingerprint density at radius 1 is 1.43 bits per heavy atom. The molecule has 1 heterocycles. The predicted octanol–water partition coefficient (Wildman–Crippen LogP) is 3.93. The van der Waals surface area contributed by atoms with Crippen LogP contribution in [-0.2, 0) is 0 Å². The molecule has 5 nitrogen and oxygen atoms in total. The lowest BCUT2D eigenvalue weighted by Gasteiger charge is -2.48. The number of nitrogens with zero attached hydrogens (tertiary/aromatic N) is 2. The third-order valence-corrected chi connectivity index (χ3v) is 4.97. The largest absolute Gasteiger partial charge is 0.489 e. The Kier molecular flexibility index (Phi) is 3.24. The van der Waals surface area contributed by atoms with Gasteiger partial charge in [-0.15, -0.1) is 11.6 Å². The number of non-ortho nitro benzene ring substituents is 1. The number of hydrogen-bond donors (Lipinski definition) is 0. The monoisotopic (exact) mass is 306 g/mol. The maximum Gasteiger partial charge on any atom is 0.295 e. The standard InChI is InChI=1S/C15H15ClN2O3/c1-15(2)12(16)8-13(15)21-11-6-5-10(18(19)20)14-9(11)4-3-7-17-14/h3-7,12-13H,8H2,1-2H3. The van der Waals surface area contributed by atoms with Gasteiger partial charge in [-0.2, -0.15) is 0 Å². The molecule has 1 aromatic carbocycles. The Morgan fingerprint density at radius 3 is 2.81 bits per heavy atom. The van der Waals surface area contributed by atoms with Crippen LogP contribution in [0.4, 0.5) is 5.69 Å². The number of nitro groups is 1. The SMILES string of the molecule is CC1(C)C(Cl)CC1Oc1ccc([N+](=O)[O-])c2ncccc12. The molecule has 1 aliphatic rings. The van der Waals surface area contributed by atoms with Crippen LogP contribution >= 0.6 is 11.6 Å². The minimum atomic E-state index is -0.429. The van der Waals surface area contributed by atoms with E-state index in [0.29, 0.717) is 16.7 Å². The molecule has 0 spiro atoms. The van der Waals surface area contributed by atoms with Gasteiger partial charge in [0.25, 0.3) is 5.69 Å². The van der Waals surface area contributed by atoms with E-state index in [1.165, 1.54) is 6.07 Å². The Morgan fingerprint density at radius 2 is 2.19 bits per heavy atom. The molecule has 0 aliphatic heterocycles. The van der Waals surface area contributed by atoms with Crippen molar-refractivity contribution in [1.29, 1.82) is 0 Å². The van der Waals surface area contributed by atoms with Crippen LogP contribution in [0.1, 0.15) is 20.3 Å². The zero-order valence-electron chi connectivity index (χ0n) is 11.7. The van der Waals surface area contributed by atoms with Gasteiger partial charge in [0.05, 0.1) is 4.92 Å². The van der Waals surface area contributed by atoms with Crippen molar-refractivity contribution in [1.82, 2.24) is 4.98 Å². The molecule has 2 unspecified atom stereocenters. The van der Waals surface area contributed by atoms with Crippen molar-refractivity contribution in [2.75, 3.05) is 0 Å². The molecule has 0 N–H and O–H groups in total. The van der Waals surface area contributed by atoms with Crippen molar-refractivity contribution in [2.45, 2.75) is 31.7 Å². The third kappa shape index (κ3) is 2.21. The number of benzene rings is 1. The van der Waals surface area contributed by atoms with Gasteiger partial charge < -0.3 is 4.74 Å². The zero-order valence-corrected chi connectivity index (χ0v) is 12.5. The summed E-state index contributed by atoms with van der Waals surface area (Å²) in [6.45, 7) is 4.12. The van der Waals surface area contributed by atoms with Gasteiger partial charge in [-0.25, -0.2) is 4.98 Å². The van der Waals surface area contributed by atoms with Crippen molar-refractivity contribution in [3.63, 3.8) is 0 Å². The minimum Gasteiger partial charge on any atom is -0.489 e. The highest BCUT2D eigenvalue weighted by atomic mass is 35.5. The number of ether oxygens (including phenoxy) is 1. The summed E-state index contributed by atoms with van der Waals surface area (Å²) in [5, 5.41) is 11.8. The number of nitro benzene ring substituents is 1. The topological polar surface area (TPSA) is 65.3 Å². The molecule has 0 amide bonds. The first-order valence-corrected chi connectivity index (χ1v) is 7.17. The lowest BCUT2D eigenvalue weighted by atomic mass is 9.68. The fraction of sp³-hybridized carbons (Fsp3) is 0.400. The van der Waals surface area contributed by atoms with Crippen LogP contribution in [-0.4, -0.2) is 21.4 Å². The van der Waals surface area contributed by atoms with Crippen LogP contribution in [0.2, 0.25) is 0 Å². The molecular formula is C15H15ClN2O3. The van der Waals surface area contributed by atoms with Gasteiger partial charge in [0.2, 0.25) is 0 Å². The molecule has 1 fully saturated rings. The second kappa shape index (κ2) is 4.84. The van der Waals surface area contributed by atoms with E-state index in [0.717, 1.165) is 6.42 Å². The number of fused-ring (bicyclic) bond motifs is 1. The molecule has 21 heavy (non-hydrogen) atoms. The molecule has 3 rings (SSSR count). The van der Waals surface area contributed by atoms with E-state index in [-0.39, 0.29) is 22.6 Å². The Labute approximate surface area is 127 Å². The van der Waals surface area contributed by atoms with Crippen LogP contribution in [0.5, 0.6) is 5.75 Å². The molecule has 1 saturated carbocycles. The lowest BCUT2D eigenvalue weighted by molar-refractivity contribution is -0.383. The summed E-state index contributed by atoms with van der Waals surface area (Å²) in [5.41, 5.74) is 0.221. The number of rotatable bonds is 3. The summed E-state index contributed by atoms with van der Waals surface area (Å²) >= 11 is 6.20. The molecule has 2 aromatic rings. The third-order valence-electron chi connectivity index (χ3n) is 4.23. The van der Waals surface area contributed by atoms with Crippen LogP contribution in [0, 0.1) is 15.5 Å². The van der Waals surface area contributed by atoms with E-state index < -0.39 is 4.92 Å². The molecule has 0 bridgehead atoms. The van der Waals surface area contributed by atoms with Gasteiger partial charge in [-0.1, -0.05) is 13.8 Å². The van der Waals surface area contributed by atoms with E-state index in [4.69, 9.17) is 16.3 Å². The molecule has 0 radical (unpaired) electrons. The molecule has 1 aliphatic carbocycles. The number of aromatic nitrogens is 1. The summed E-state index contributed by atoms with van der Waals surface area (Å²) in [5.74, 6) is 0.616. The van der Waals surface area contributed by atoms with Crippen molar-refractivity contribution < 1.29 is 9.66 Å². The zero-order chi connectivity index (χ0) is 15.2. The van der Waals surface area contributed by atoms with Crippen molar-refractivity contribution >= 4 is 28.2 Å². The lowest BCUT2D eigenvalue weighted by Crippen LogP contribution is -2.53. The quantitative estimate of drug-likeness (QED) is 0.489. The second-order valence-electron chi connectivity index (χ2n) is 5.87. The Balaban J connectivity index is 2.01. The maximum atomic E-state index is 11.1. The minimum absolute atomic E-state index is 0.00450. The van der Waals surface area contributed by atoms with Gasteiger partial charge in [0.1, 0.15) is 11.9 Å². The highest BCUT2D eigenvalue weighted by Crippen LogP contribution is 2.47.